The van der Waals surface area contributed by atoms with Crippen molar-refractivity contribution in [2.75, 3.05) is 20.1 Å². The van der Waals surface area contributed by atoms with Gasteiger partial charge in [-0.1, -0.05) is 42.8 Å². The van der Waals surface area contributed by atoms with Gasteiger partial charge in [-0.2, -0.15) is 5.10 Å². The van der Waals surface area contributed by atoms with Gasteiger partial charge in [-0.3, -0.25) is 9.59 Å². The van der Waals surface area contributed by atoms with E-state index in [9.17, 15) is 9.59 Å². The van der Waals surface area contributed by atoms with Crippen molar-refractivity contribution in [2.24, 2.45) is 0 Å². The third-order valence-electron chi connectivity index (χ3n) is 7.65. The molecule has 0 radical (unpaired) electrons. The van der Waals surface area contributed by atoms with E-state index in [1.807, 2.05) is 83.9 Å². The summed E-state index contributed by atoms with van der Waals surface area (Å²) in [4.78, 5) is 30.6. The lowest BCUT2D eigenvalue weighted by Gasteiger charge is -2.42. The summed E-state index contributed by atoms with van der Waals surface area (Å²) in [6.07, 6.45) is 3.39. The van der Waals surface area contributed by atoms with Gasteiger partial charge in [-0.05, 0) is 56.5 Å². The van der Waals surface area contributed by atoms with Crippen LogP contribution in [-0.4, -0.2) is 57.1 Å². The van der Waals surface area contributed by atoms with Gasteiger partial charge in [-0.15, -0.1) is 0 Å². The lowest BCUT2D eigenvalue weighted by molar-refractivity contribution is -0.134. The van der Waals surface area contributed by atoms with Crippen LogP contribution in [0.25, 0.3) is 5.69 Å². The fraction of sp³-hybridized carbons (Fsp3) is 0.393. The minimum atomic E-state index is -0.377. The first kappa shape index (κ1) is 22.4. The maximum Gasteiger partial charge on any atom is 0.254 e. The average molecular weight is 457 g/mol. The molecule has 0 saturated carbocycles. The molecule has 3 heterocycles. The molecule has 2 aromatic carbocycles. The number of rotatable bonds is 3. The first-order chi connectivity index (χ1) is 16.4. The van der Waals surface area contributed by atoms with Crippen molar-refractivity contribution in [2.45, 2.75) is 51.0 Å². The second-order valence-electron chi connectivity index (χ2n) is 9.80. The smallest absolute Gasteiger partial charge is 0.254 e. The fourth-order valence-electron chi connectivity index (χ4n) is 5.88. The van der Waals surface area contributed by atoms with Gasteiger partial charge in [0.2, 0.25) is 5.91 Å². The Balaban J connectivity index is 1.50. The van der Waals surface area contributed by atoms with E-state index in [1.54, 1.807) is 0 Å². The highest BCUT2D eigenvalue weighted by Gasteiger charge is 2.52. The number of carbonyl (C=O) groups excluding carboxylic acids is 2. The Kier molecular flexibility index (Phi) is 5.76. The Morgan fingerprint density at radius 1 is 1.03 bits per heavy atom. The van der Waals surface area contributed by atoms with Crippen LogP contribution in [0.2, 0.25) is 0 Å². The van der Waals surface area contributed by atoms with Crippen molar-refractivity contribution in [3.05, 3.63) is 83.2 Å². The Labute approximate surface area is 201 Å². The molecular weight excluding hydrogens is 424 g/mol. The normalized spacial score (nSPS) is 22.9. The molecule has 34 heavy (non-hydrogen) atoms. The molecule has 1 aromatic heterocycles. The molecule has 0 aliphatic carbocycles. The lowest BCUT2D eigenvalue weighted by Crippen LogP contribution is -2.53. The summed E-state index contributed by atoms with van der Waals surface area (Å²) < 4.78 is 1.88. The van der Waals surface area contributed by atoms with E-state index in [0.717, 1.165) is 36.3 Å². The summed E-state index contributed by atoms with van der Waals surface area (Å²) in [7, 11) is 1.93. The number of aryl methyl sites for hydroxylation is 2. The number of nitrogens with zero attached hydrogens (tertiary/aromatic N) is 4. The average Bonchev–Trinajstić information content (AvgIpc) is 3.37. The first-order valence-corrected chi connectivity index (χ1v) is 12.1. The van der Waals surface area contributed by atoms with E-state index in [-0.39, 0.29) is 23.3 Å². The van der Waals surface area contributed by atoms with Crippen LogP contribution < -0.4 is 0 Å². The van der Waals surface area contributed by atoms with Gasteiger partial charge in [0.1, 0.15) is 0 Å². The fourth-order valence-corrected chi connectivity index (χ4v) is 5.88. The van der Waals surface area contributed by atoms with Gasteiger partial charge in [0.25, 0.3) is 5.91 Å². The Bertz CT molecular complexity index is 1220. The summed E-state index contributed by atoms with van der Waals surface area (Å²) >= 11 is 0. The third-order valence-corrected chi connectivity index (χ3v) is 7.65. The summed E-state index contributed by atoms with van der Waals surface area (Å²) in [5.74, 6) is 0.273. The van der Waals surface area contributed by atoms with Crippen molar-refractivity contribution < 1.29 is 9.59 Å². The molecule has 0 bridgehead atoms. The minimum Gasteiger partial charge on any atom is -0.338 e. The second-order valence-corrected chi connectivity index (χ2v) is 9.80. The number of likely N-dealkylation sites (N-methyl/N-ethyl adjacent to an activating group) is 1. The third kappa shape index (κ3) is 3.81. The molecule has 0 unspecified atom stereocenters. The Morgan fingerprint density at radius 3 is 2.56 bits per heavy atom. The Hall–Kier alpha value is -3.41. The number of amides is 2. The van der Waals surface area contributed by atoms with E-state index in [4.69, 9.17) is 0 Å². The summed E-state index contributed by atoms with van der Waals surface area (Å²) in [5.41, 5.74) is 4.32. The number of aromatic nitrogens is 2. The van der Waals surface area contributed by atoms with Crippen LogP contribution in [0.4, 0.5) is 0 Å². The molecule has 1 spiro atoms. The molecule has 2 aliphatic heterocycles. The Morgan fingerprint density at radius 2 is 1.82 bits per heavy atom. The monoisotopic (exact) mass is 456 g/mol. The number of carbonyl (C=O) groups is 2. The maximum atomic E-state index is 13.8. The number of likely N-dealkylation sites (tertiary alicyclic amines) is 2. The molecule has 2 aliphatic rings. The standard InChI is InChI=1S/C28H32N4O2/c1-20-16-21(2)32(29-20)24-13-9-12-23(17-24)27(34)31-18-25(22-10-5-4-6-11-22)28(19-31)15-8-7-14-26(33)30(28)3/h4-6,9-13,16-17,25H,7-8,14-15,18-19H2,1-3H3/t25-,28+/m0/s1. The van der Waals surface area contributed by atoms with Crippen molar-refractivity contribution in [1.29, 1.82) is 0 Å². The highest BCUT2D eigenvalue weighted by molar-refractivity contribution is 5.95. The zero-order valence-electron chi connectivity index (χ0n) is 20.2. The number of benzene rings is 2. The largest absolute Gasteiger partial charge is 0.338 e. The molecule has 2 fully saturated rings. The zero-order valence-corrected chi connectivity index (χ0v) is 20.2. The van der Waals surface area contributed by atoms with Gasteiger partial charge >= 0.3 is 0 Å². The van der Waals surface area contributed by atoms with Crippen LogP contribution in [0.1, 0.15) is 58.9 Å². The first-order valence-electron chi connectivity index (χ1n) is 12.1. The molecular formula is C28H32N4O2. The summed E-state index contributed by atoms with van der Waals surface area (Å²) in [6.45, 7) is 5.14. The minimum absolute atomic E-state index is 0.00582. The molecule has 5 rings (SSSR count). The van der Waals surface area contributed by atoms with Gasteiger partial charge in [0, 0.05) is 43.7 Å². The van der Waals surface area contributed by atoms with Crippen LogP contribution in [0.3, 0.4) is 0 Å². The molecule has 176 valence electrons. The van der Waals surface area contributed by atoms with Crippen molar-refractivity contribution in [3.8, 4) is 5.69 Å². The molecule has 6 nitrogen and oxygen atoms in total. The molecule has 2 saturated heterocycles. The van der Waals surface area contributed by atoms with Crippen LogP contribution in [0.5, 0.6) is 0 Å². The van der Waals surface area contributed by atoms with Crippen LogP contribution >= 0.6 is 0 Å². The van der Waals surface area contributed by atoms with Gasteiger partial charge < -0.3 is 9.80 Å². The summed E-state index contributed by atoms with van der Waals surface area (Å²) in [5, 5.41) is 4.57. The molecule has 2 atom stereocenters. The number of hydrogen-bond acceptors (Lipinski definition) is 3. The quantitative estimate of drug-likeness (QED) is 0.583. The molecule has 6 heteroatoms. The van der Waals surface area contributed by atoms with Crippen LogP contribution in [0.15, 0.2) is 60.7 Å². The number of hydrogen-bond donors (Lipinski definition) is 0. The predicted molar refractivity (Wildman–Crippen MR) is 132 cm³/mol. The topological polar surface area (TPSA) is 58.4 Å². The van der Waals surface area contributed by atoms with E-state index in [0.29, 0.717) is 25.1 Å². The molecule has 3 aromatic rings. The highest BCUT2D eigenvalue weighted by Crippen LogP contribution is 2.45. The van der Waals surface area contributed by atoms with Crippen LogP contribution in [0, 0.1) is 13.8 Å². The van der Waals surface area contributed by atoms with Crippen molar-refractivity contribution in [1.82, 2.24) is 19.6 Å². The highest BCUT2D eigenvalue weighted by atomic mass is 16.2. The zero-order chi connectivity index (χ0) is 23.9. The molecule has 2 amide bonds. The van der Waals surface area contributed by atoms with E-state index < -0.39 is 0 Å². The lowest BCUT2D eigenvalue weighted by atomic mass is 9.78. The SMILES string of the molecule is Cc1cc(C)n(-c2cccc(C(=O)N3C[C@@H](c4ccccc4)[C@@]4(CCCCC(=O)N4C)C3)c2)n1. The van der Waals surface area contributed by atoms with Gasteiger partial charge in [-0.25, -0.2) is 4.68 Å². The van der Waals surface area contributed by atoms with Crippen LogP contribution in [-0.2, 0) is 4.79 Å². The summed E-state index contributed by atoms with van der Waals surface area (Å²) in [6, 6.07) is 20.1. The maximum absolute atomic E-state index is 13.8. The van der Waals surface area contributed by atoms with E-state index in [1.165, 1.54) is 5.56 Å². The van der Waals surface area contributed by atoms with Crippen molar-refractivity contribution in [3.63, 3.8) is 0 Å². The van der Waals surface area contributed by atoms with Crippen molar-refractivity contribution >= 4 is 11.8 Å². The second kappa shape index (κ2) is 8.75. The van der Waals surface area contributed by atoms with Gasteiger partial charge in [0.05, 0.1) is 16.9 Å². The van der Waals surface area contributed by atoms with E-state index >= 15 is 0 Å². The predicted octanol–water partition coefficient (Wildman–Crippen LogP) is 4.50. The van der Waals surface area contributed by atoms with E-state index in [2.05, 4.69) is 17.2 Å². The molecule has 0 N–H and O–H groups in total. The van der Waals surface area contributed by atoms with Gasteiger partial charge in [0.15, 0.2) is 0 Å².